The molecule has 0 spiro atoms. The average Bonchev–Trinajstić information content (AvgIpc) is 2.88. The second-order valence-corrected chi connectivity index (χ2v) is 7.10. The minimum atomic E-state index is -3.14. The van der Waals surface area contributed by atoms with Gasteiger partial charge in [0.2, 0.25) is 10.0 Å². The van der Waals surface area contributed by atoms with Gasteiger partial charge in [-0.3, -0.25) is 4.98 Å². The Morgan fingerprint density at radius 1 is 1.37 bits per heavy atom. The van der Waals surface area contributed by atoms with Gasteiger partial charge in [-0.1, -0.05) is 0 Å². The van der Waals surface area contributed by atoms with E-state index in [1.54, 1.807) is 16.7 Å². The third-order valence-corrected chi connectivity index (χ3v) is 5.45. The Hall–Kier alpha value is -0.980. The number of sulfonamides is 1. The molecule has 1 aromatic rings. The van der Waals surface area contributed by atoms with Crippen molar-refractivity contribution in [3.63, 3.8) is 0 Å². The molecule has 1 saturated heterocycles. The van der Waals surface area contributed by atoms with E-state index in [-0.39, 0.29) is 5.75 Å². The van der Waals surface area contributed by atoms with E-state index in [1.165, 1.54) is 0 Å². The molecule has 0 amide bonds. The molecule has 2 heterocycles. The van der Waals surface area contributed by atoms with Crippen LogP contribution in [0.15, 0.2) is 24.5 Å². The zero-order valence-electron chi connectivity index (χ0n) is 11.0. The summed E-state index contributed by atoms with van der Waals surface area (Å²) in [5.41, 5.74) is 6.53. The van der Waals surface area contributed by atoms with Crippen molar-refractivity contribution in [3.8, 4) is 0 Å². The van der Waals surface area contributed by atoms with Gasteiger partial charge in [0.25, 0.3) is 0 Å². The monoisotopic (exact) mass is 283 g/mol. The predicted octanol–water partition coefficient (Wildman–Crippen LogP) is 0.625. The molecule has 1 aliphatic rings. The van der Waals surface area contributed by atoms with E-state index in [0.29, 0.717) is 32.0 Å². The van der Waals surface area contributed by atoms with Crippen LogP contribution in [0.5, 0.6) is 0 Å². The van der Waals surface area contributed by atoms with Crippen molar-refractivity contribution in [2.75, 3.05) is 25.4 Å². The minimum Gasteiger partial charge on any atom is -0.330 e. The lowest BCUT2D eigenvalue weighted by Gasteiger charge is -2.16. The summed E-state index contributed by atoms with van der Waals surface area (Å²) < 4.78 is 26.1. The zero-order valence-corrected chi connectivity index (χ0v) is 11.8. The molecular formula is C13H21N3O2S. The number of pyridine rings is 1. The Morgan fingerprint density at radius 3 is 2.79 bits per heavy atom. The maximum Gasteiger partial charge on any atom is 0.214 e. The average molecular weight is 283 g/mol. The molecule has 0 aliphatic carbocycles. The molecule has 2 rings (SSSR count). The smallest absolute Gasteiger partial charge is 0.214 e. The fourth-order valence-corrected chi connectivity index (χ4v) is 4.02. The van der Waals surface area contributed by atoms with Gasteiger partial charge in [0.05, 0.1) is 5.75 Å². The molecular weight excluding hydrogens is 262 g/mol. The molecule has 0 saturated carbocycles. The summed E-state index contributed by atoms with van der Waals surface area (Å²) in [6.07, 6.45) is 5.77. The molecule has 19 heavy (non-hydrogen) atoms. The minimum absolute atomic E-state index is 0.173. The Bertz CT molecular complexity index is 490. The molecule has 1 unspecified atom stereocenters. The fourth-order valence-electron chi connectivity index (χ4n) is 2.45. The van der Waals surface area contributed by atoms with Gasteiger partial charge in [0.15, 0.2) is 0 Å². The van der Waals surface area contributed by atoms with Gasteiger partial charge in [-0.25, -0.2) is 12.7 Å². The summed E-state index contributed by atoms with van der Waals surface area (Å²) in [5, 5.41) is 0. The van der Waals surface area contributed by atoms with Crippen LogP contribution in [-0.2, 0) is 16.4 Å². The first kappa shape index (κ1) is 14.4. The molecule has 0 aromatic carbocycles. The van der Waals surface area contributed by atoms with Crippen molar-refractivity contribution in [3.05, 3.63) is 30.1 Å². The van der Waals surface area contributed by atoms with Crippen LogP contribution in [0.2, 0.25) is 0 Å². The number of hydrogen-bond acceptors (Lipinski definition) is 4. The summed E-state index contributed by atoms with van der Waals surface area (Å²) in [6, 6.07) is 3.72. The van der Waals surface area contributed by atoms with Crippen LogP contribution < -0.4 is 5.73 Å². The van der Waals surface area contributed by atoms with Crippen LogP contribution >= 0.6 is 0 Å². The first-order chi connectivity index (χ1) is 9.12. The van der Waals surface area contributed by atoms with E-state index in [2.05, 4.69) is 4.98 Å². The van der Waals surface area contributed by atoms with Crippen LogP contribution in [-0.4, -0.2) is 43.1 Å². The summed E-state index contributed by atoms with van der Waals surface area (Å²) >= 11 is 0. The van der Waals surface area contributed by atoms with Crippen molar-refractivity contribution < 1.29 is 8.42 Å². The zero-order chi connectivity index (χ0) is 13.7. The highest BCUT2D eigenvalue weighted by Crippen LogP contribution is 2.22. The predicted molar refractivity (Wildman–Crippen MR) is 75.1 cm³/mol. The van der Waals surface area contributed by atoms with Crippen molar-refractivity contribution in [2.45, 2.75) is 19.3 Å². The van der Waals surface area contributed by atoms with E-state index in [0.717, 1.165) is 18.4 Å². The van der Waals surface area contributed by atoms with Crippen LogP contribution in [0.3, 0.4) is 0 Å². The van der Waals surface area contributed by atoms with Crippen molar-refractivity contribution in [1.82, 2.24) is 9.29 Å². The number of nitrogens with zero attached hydrogens (tertiary/aromatic N) is 2. The first-order valence-electron chi connectivity index (χ1n) is 6.68. The highest BCUT2D eigenvalue weighted by atomic mass is 32.2. The number of aryl methyl sites for hydroxylation is 1. The Kier molecular flexibility index (Phi) is 4.90. The van der Waals surface area contributed by atoms with Crippen molar-refractivity contribution >= 4 is 10.0 Å². The lowest BCUT2D eigenvalue weighted by molar-refractivity contribution is 0.448. The van der Waals surface area contributed by atoms with E-state index in [9.17, 15) is 8.42 Å². The lowest BCUT2D eigenvalue weighted by Crippen LogP contribution is -2.32. The highest BCUT2D eigenvalue weighted by molar-refractivity contribution is 7.89. The molecule has 106 valence electrons. The molecule has 1 fully saturated rings. The number of aromatic nitrogens is 1. The molecule has 5 nitrogen and oxygen atoms in total. The van der Waals surface area contributed by atoms with Crippen molar-refractivity contribution in [1.29, 1.82) is 0 Å². The summed E-state index contributed by atoms with van der Waals surface area (Å²) in [4.78, 5) is 3.93. The van der Waals surface area contributed by atoms with Crippen LogP contribution in [0.4, 0.5) is 0 Å². The maximum atomic E-state index is 12.2. The molecule has 1 atom stereocenters. The van der Waals surface area contributed by atoms with Crippen molar-refractivity contribution in [2.24, 2.45) is 11.7 Å². The quantitative estimate of drug-likeness (QED) is 0.830. The number of nitrogens with two attached hydrogens (primary N) is 1. The largest absolute Gasteiger partial charge is 0.330 e. The topological polar surface area (TPSA) is 76.3 Å². The maximum absolute atomic E-state index is 12.2. The van der Waals surface area contributed by atoms with Crippen LogP contribution in [0, 0.1) is 5.92 Å². The highest BCUT2D eigenvalue weighted by Gasteiger charge is 2.30. The molecule has 1 aromatic heterocycles. The van der Waals surface area contributed by atoms with Gasteiger partial charge in [-0.05, 0) is 49.4 Å². The lowest BCUT2D eigenvalue weighted by atomic mass is 10.1. The number of hydrogen-bond donors (Lipinski definition) is 1. The summed E-state index contributed by atoms with van der Waals surface area (Å²) in [6.45, 7) is 1.91. The molecule has 0 radical (unpaired) electrons. The van der Waals surface area contributed by atoms with Crippen LogP contribution in [0.25, 0.3) is 0 Å². The fraction of sp³-hybridized carbons (Fsp3) is 0.615. The molecule has 6 heteroatoms. The second kappa shape index (κ2) is 6.45. The third-order valence-electron chi connectivity index (χ3n) is 3.61. The van der Waals surface area contributed by atoms with Gasteiger partial charge >= 0.3 is 0 Å². The second-order valence-electron chi connectivity index (χ2n) is 5.01. The summed E-state index contributed by atoms with van der Waals surface area (Å²) in [5.74, 6) is 0.604. The molecule has 1 aliphatic heterocycles. The van der Waals surface area contributed by atoms with Gasteiger partial charge in [-0.2, -0.15) is 0 Å². The van der Waals surface area contributed by atoms with E-state index in [1.807, 2.05) is 12.1 Å². The Balaban J connectivity index is 1.89. The van der Waals surface area contributed by atoms with E-state index >= 15 is 0 Å². The standard InChI is InChI=1S/C13H21N3O2S/c14-6-1-13-4-9-16(11-13)19(17,18)10-5-12-2-7-15-8-3-12/h2-3,7-8,13H,1,4-6,9-11,14H2. The normalized spacial score (nSPS) is 20.8. The Labute approximate surface area is 114 Å². The number of rotatable bonds is 6. The first-order valence-corrected chi connectivity index (χ1v) is 8.29. The molecule has 0 bridgehead atoms. The summed E-state index contributed by atoms with van der Waals surface area (Å²) in [7, 11) is -3.14. The Morgan fingerprint density at radius 2 is 2.11 bits per heavy atom. The molecule has 2 N–H and O–H groups in total. The van der Waals surface area contributed by atoms with Gasteiger partial charge in [-0.15, -0.1) is 0 Å². The van der Waals surface area contributed by atoms with Crippen LogP contribution in [0.1, 0.15) is 18.4 Å². The van der Waals surface area contributed by atoms with Gasteiger partial charge < -0.3 is 5.73 Å². The van der Waals surface area contributed by atoms with E-state index in [4.69, 9.17) is 5.73 Å². The SMILES string of the molecule is NCCC1CCN(S(=O)(=O)CCc2ccncc2)C1. The van der Waals surface area contributed by atoms with Gasteiger partial charge in [0.1, 0.15) is 0 Å². The van der Waals surface area contributed by atoms with Gasteiger partial charge in [0, 0.05) is 25.5 Å². The third kappa shape index (κ3) is 3.99. The van der Waals surface area contributed by atoms with E-state index < -0.39 is 10.0 Å².